The van der Waals surface area contributed by atoms with Crippen molar-refractivity contribution >= 4 is 44.1 Å². The second-order valence-electron chi connectivity index (χ2n) is 5.74. The van der Waals surface area contributed by atoms with Crippen LogP contribution in [0.5, 0.6) is 0 Å². The number of hydrogen-bond donors (Lipinski definition) is 0. The third kappa shape index (κ3) is 4.43. The Labute approximate surface area is 166 Å². The molecule has 1 heterocycles. The molecule has 3 aromatic rings. The van der Waals surface area contributed by atoms with E-state index in [-0.39, 0.29) is 22.0 Å². The van der Waals surface area contributed by atoms with Crippen LogP contribution in [0.4, 0.5) is 0 Å². The Morgan fingerprint density at radius 2 is 1.85 bits per heavy atom. The quantitative estimate of drug-likeness (QED) is 0.330. The van der Waals surface area contributed by atoms with Gasteiger partial charge >= 0.3 is 0 Å². The highest BCUT2D eigenvalue weighted by Gasteiger charge is 2.16. The van der Waals surface area contributed by atoms with Crippen LogP contribution in [0, 0.1) is 0 Å². The Bertz CT molecular complexity index is 1140. The van der Waals surface area contributed by atoms with Crippen molar-refractivity contribution in [1.82, 2.24) is 9.55 Å². The lowest BCUT2D eigenvalue weighted by Gasteiger charge is -2.11. The number of aromatic nitrogens is 2. The fourth-order valence-electron chi connectivity index (χ4n) is 2.55. The van der Waals surface area contributed by atoms with Gasteiger partial charge in [0.2, 0.25) is 0 Å². The molecule has 0 radical (unpaired) electrons. The first-order valence-corrected chi connectivity index (χ1v) is 11.2. The zero-order valence-corrected chi connectivity index (χ0v) is 16.7. The van der Waals surface area contributed by atoms with Crippen molar-refractivity contribution in [3.8, 4) is 0 Å². The molecule has 0 fully saturated rings. The Balaban J connectivity index is 1.84. The predicted molar refractivity (Wildman–Crippen MR) is 110 cm³/mol. The van der Waals surface area contributed by atoms with E-state index in [0.717, 1.165) is 0 Å². The van der Waals surface area contributed by atoms with Gasteiger partial charge in [0.15, 0.2) is 15.0 Å². The van der Waals surface area contributed by atoms with Crippen LogP contribution in [0.25, 0.3) is 10.9 Å². The number of allylic oxidation sites excluding steroid dienone is 1. The van der Waals surface area contributed by atoms with Crippen molar-refractivity contribution in [2.24, 2.45) is 0 Å². The van der Waals surface area contributed by atoms with Crippen LogP contribution in [0.3, 0.4) is 0 Å². The highest BCUT2D eigenvalue weighted by molar-refractivity contribution is 8.00. The molecule has 0 amide bonds. The van der Waals surface area contributed by atoms with E-state index in [4.69, 9.17) is 11.6 Å². The maximum absolute atomic E-state index is 12.7. The molecule has 0 aliphatic carbocycles. The summed E-state index contributed by atoms with van der Waals surface area (Å²) >= 11 is 7.05. The summed E-state index contributed by atoms with van der Waals surface area (Å²) in [5.41, 5.74) is 0.425. The number of fused-ring (bicyclic) bond motifs is 1. The molecule has 0 spiro atoms. The normalized spacial score (nSPS) is 11.6. The van der Waals surface area contributed by atoms with E-state index in [2.05, 4.69) is 11.6 Å². The maximum Gasteiger partial charge on any atom is 0.262 e. The van der Waals surface area contributed by atoms with E-state index in [1.54, 1.807) is 36.4 Å². The fraction of sp³-hybridized carbons (Fsp3) is 0.158. The molecule has 0 aliphatic heterocycles. The van der Waals surface area contributed by atoms with E-state index >= 15 is 0 Å². The summed E-state index contributed by atoms with van der Waals surface area (Å²) in [5.74, 6) is 0.197. The molecular weight excluding hydrogens is 404 g/mol. The van der Waals surface area contributed by atoms with Crippen LogP contribution >= 0.6 is 23.4 Å². The summed E-state index contributed by atoms with van der Waals surface area (Å²) in [6.45, 7) is 3.99. The van der Waals surface area contributed by atoms with E-state index in [1.165, 1.54) is 28.5 Å². The predicted octanol–water partition coefficient (Wildman–Crippen LogP) is 3.80. The van der Waals surface area contributed by atoms with Crippen LogP contribution in [-0.4, -0.2) is 29.5 Å². The first-order chi connectivity index (χ1) is 12.9. The van der Waals surface area contributed by atoms with Gasteiger partial charge in [0.1, 0.15) is 0 Å². The topological polar surface area (TPSA) is 69.0 Å². The third-order valence-electron chi connectivity index (χ3n) is 3.89. The summed E-state index contributed by atoms with van der Waals surface area (Å²) in [7, 11) is -3.44. The second kappa shape index (κ2) is 8.29. The second-order valence-corrected chi connectivity index (χ2v) is 9.34. The molecule has 0 unspecified atom stereocenters. The van der Waals surface area contributed by atoms with Crippen LogP contribution in [0.2, 0.25) is 5.02 Å². The van der Waals surface area contributed by atoms with Gasteiger partial charge in [-0.1, -0.05) is 41.6 Å². The molecular formula is C19H17ClN2O3S2. The van der Waals surface area contributed by atoms with Crippen LogP contribution in [-0.2, 0) is 16.4 Å². The lowest BCUT2D eigenvalue weighted by Crippen LogP contribution is -2.23. The minimum absolute atomic E-state index is 0.0733. The van der Waals surface area contributed by atoms with Gasteiger partial charge < -0.3 is 0 Å². The molecule has 0 saturated carbocycles. The SMILES string of the molecule is C=CCn1c(SCCS(=O)(=O)c2ccc(Cl)cc2)nc2ccccc2c1=O. The van der Waals surface area contributed by atoms with Gasteiger partial charge in [0, 0.05) is 17.3 Å². The number of thioether (sulfide) groups is 1. The molecule has 3 rings (SSSR count). The van der Waals surface area contributed by atoms with Crippen LogP contribution in [0.15, 0.2) is 76.0 Å². The standard InChI is InChI=1S/C19H17ClN2O3S2/c1-2-11-22-18(23)16-5-3-4-6-17(16)21-19(22)26-12-13-27(24,25)15-9-7-14(20)8-10-15/h2-10H,1,11-13H2. The Hall–Kier alpha value is -2.09. The molecule has 27 heavy (non-hydrogen) atoms. The summed E-state index contributed by atoms with van der Waals surface area (Å²) in [6.07, 6.45) is 1.62. The van der Waals surface area contributed by atoms with E-state index in [1.807, 2.05) is 6.07 Å². The van der Waals surface area contributed by atoms with Gasteiger partial charge in [-0.15, -0.1) is 6.58 Å². The van der Waals surface area contributed by atoms with Crippen molar-refractivity contribution in [3.63, 3.8) is 0 Å². The number of hydrogen-bond acceptors (Lipinski definition) is 5. The van der Waals surface area contributed by atoms with Gasteiger partial charge in [-0.2, -0.15) is 0 Å². The minimum Gasteiger partial charge on any atom is -0.283 e. The average molecular weight is 421 g/mol. The van der Waals surface area contributed by atoms with Gasteiger partial charge in [0.05, 0.1) is 21.6 Å². The number of sulfone groups is 1. The number of rotatable bonds is 7. The number of benzene rings is 2. The molecule has 0 bridgehead atoms. The largest absolute Gasteiger partial charge is 0.283 e. The van der Waals surface area contributed by atoms with E-state index < -0.39 is 9.84 Å². The molecule has 2 aromatic carbocycles. The molecule has 0 N–H and O–H groups in total. The van der Waals surface area contributed by atoms with Gasteiger partial charge in [0.25, 0.3) is 5.56 Å². The van der Waals surface area contributed by atoms with Gasteiger partial charge in [-0.05, 0) is 36.4 Å². The van der Waals surface area contributed by atoms with Crippen LogP contribution < -0.4 is 5.56 Å². The summed E-state index contributed by atoms with van der Waals surface area (Å²) < 4.78 is 26.4. The van der Waals surface area contributed by atoms with Crippen LogP contribution in [0.1, 0.15) is 0 Å². The summed E-state index contributed by atoms with van der Waals surface area (Å²) in [4.78, 5) is 17.4. The van der Waals surface area contributed by atoms with Gasteiger partial charge in [-0.3, -0.25) is 9.36 Å². The highest BCUT2D eigenvalue weighted by atomic mass is 35.5. The van der Waals surface area contributed by atoms with E-state index in [0.29, 0.717) is 27.6 Å². The van der Waals surface area contributed by atoms with Crippen molar-refractivity contribution in [2.75, 3.05) is 11.5 Å². The lowest BCUT2D eigenvalue weighted by molar-refractivity contribution is 0.597. The Morgan fingerprint density at radius 3 is 2.56 bits per heavy atom. The first kappa shape index (κ1) is 19.7. The van der Waals surface area contributed by atoms with Crippen molar-refractivity contribution in [3.05, 3.63) is 76.6 Å². The molecule has 0 atom stereocenters. The average Bonchev–Trinajstić information content (AvgIpc) is 2.65. The van der Waals surface area contributed by atoms with Crippen molar-refractivity contribution in [2.45, 2.75) is 16.6 Å². The Morgan fingerprint density at radius 1 is 1.15 bits per heavy atom. The molecule has 8 heteroatoms. The molecule has 0 saturated heterocycles. The third-order valence-corrected chi connectivity index (χ3v) is 7.11. The Kier molecular flexibility index (Phi) is 6.04. The minimum atomic E-state index is -3.44. The molecule has 140 valence electrons. The first-order valence-electron chi connectivity index (χ1n) is 8.14. The summed E-state index contributed by atoms with van der Waals surface area (Å²) in [5, 5.41) is 1.49. The van der Waals surface area contributed by atoms with E-state index in [9.17, 15) is 13.2 Å². The number of halogens is 1. The zero-order valence-electron chi connectivity index (χ0n) is 14.3. The van der Waals surface area contributed by atoms with Gasteiger partial charge in [-0.25, -0.2) is 13.4 Å². The lowest BCUT2D eigenvalue weighted by atomic mass is 10.2. The van der Waals surface area contributed by atoms with Crippen molar-refractivity contribution in [1.29, 1.82) is 0 Å². The smallest absolute Gasteiger partial charge is 0.262 e. The molecule has 0 aliphatic rings. The zero-order chi connectivity index (χ0) is 19.4. The number of nitrogens with zero attached hydrogens (tertiary/aromatic N) is 2. The molecule has 5 nitrogen and oxygen atoms in total. The number of para-hydroxylation sites is 1. The highest BCUT2D eigenvalue weighted by Crippen LogP contribution is 2.21. The fourth-order valence-corrected chi connectivity index (χ4v) is 5.33. The maximum atomic E-state index is 12.7. The summed E-state index contributed by atoms with van der Waals surface area (Å²) in [6, 6.07) is 13.2. The monoisotopic (exact) mass is 420 g/mol. The van der Waals surface area contributed by atoms with Crippen molar-refractivity contribution < 1.29 is 8.42 Å². The molecule has 1 aromatic heterocycles.